The molecule has 1 heterocycles. The molecule has 2 aromatic carbocycles. The fourth-order valence-electron chi connectivity index (χ4n) is 2.99. The van der Waals surface area contributed by atoms with Crippen LogP contribution in [-0.2, 0) is 23.0 Å². The Balaban J connectivity index is 1.77. The molecular formula is C21H24N4O3S. The lowest BCUT2D eigenvalue weighted by Gasteiger charge is -2.12. The van der Waals surface area contributed by atoms with Crippen LogP contribution in [0.3, 0.4) is 0 Å². The zero-order chi connectivity index (χ0) is 21.0. The van der Waals surface area contributed by atoms with Crippen LogP contribution in [0.5, 0.6) is 0 Å². The SMILES string of the molecule is CCc1c(C(=O)Nc2ccc(S(=O)(=O)N(C)C)cc2)cnn1Cc1ccccc1. The molecule has 0 radical (unpaired) electrons. The second-order valence-electron chi connectivity index (χ2n) is 6.77. The largest absolute Gasteiger partial charge is 0.322 e. The van der Waals surface area contributed by atoms with Gasteiger partial charge in [0.1, 0.15) is 0 Å². The molecule has 3 aromatic rings. The van der Waals surface area contributed by atoms with Crippen molar-refractivity contribution < 1.29 is 13.2 Å². The van der Waals surface area contributed by atoms with Gasteiger partial charge in [0, 0.05) is 19.8 Å². The van der Waals surface area contributed by atoms with E-state index in [1.54, 1.807) is 18.3 Å². The summed E-state index contributed by atoms with van der Waals surface area (Å²) in [4.78, 5) is 12.9. The zero-order valence-corrected chi connectivity index (χ0v) is 17.5. The maximum absolute atomic E-state index is 12.8. The van der Waals surface area contributed by atoms with Crippen LogP contribution in [0.1, 0.15) is 28.5 Å². The van der Waals surface area contributed by atoms with Crippen LogP contribution in [0.4, 0.5) is 5.69 Å². The summed E-state index contributed by atoms with van der Waals surface area (Å²) in [6.45, 7) is 2.57. The van der Waals surface area contributed by atoms with Crippen molar-refractivity contribution in [3.8, 4) is 0 Å². The summed E-state index contributed by atoms with van der Waals surface area (Å²) in [6.07, 6.45) is 2.23. The molecule has 0 unspecified atom stereocenters. The highest BCUT2D eigenvalue weighted by Gasteiger charge is 2.19. The smallest absolute Gasteiger partial charge is 0.259 e. The van der Waals surface area contributed by atoms with Crippen LogP contribution in [0.15, 0.2) is 65.7 Å². The molecule has 1 amide bonds. The van der Waals surface area contributed by atoms with Crippen LogP contribution in [0, 0.1) is 0 Å². The summed E-state index contributed by atoms with van der Waals surface area (Å²) in [5, 5.41) is 7.20. The van der Waals surface area contributed by atoms with Crippen molar-refractivity contribution in [1.29, 1.82) is 0 Å². The van der Waals surface area contributed by atoms with E-state index in [0.29, 0.717) is 24.2 Å². The van der Waals surface area contributed by atoms with Gasteiger partial charge in [0.2, 0.25) is 10.0 Å². The molecule has 0 aliphatic heterocycles. The Hall–Kier alpha value is -2.97. The van der Waals surface area contributed by atoms with Crippen LogP contribution in [-0.4, -0.2) is 42.5 Å². The Kier molecular flexibility index (Phi) is 6.14. The third kappa shape index (κ3) is 4.55. The van der Waals surface area contributed by atoms with Gasteiger partial charge in [-0.15, -0.1) is 0 Å². The van der Waals surface area contributed by atoms with E-state index in [9.17, 15) is 13.2 Å². The van der Waals surface area contributed by atoms with Crippen molar-refractivity contribution in [3.05, 3.63) is 77.6 Å². The number of carbonyl (C=O) groups is 1. The Bertz CT molecular complexity index is 1090. The minimum absolute atomic E-state index is 0.172. The minimum atomic E-state index is -3.50. The lowest BCUT2D eigenvalue weighted by Crippen LogP contribution is -2.22. The minimum Gasteiger partial charge on any atom is -0.322 e. The van der Waals surface area contributed by atoms with E-state index < -0.39 is 10.0 Å². The molecule has 0 saturated carbocycles. The van der Waals surface area contributed by atoms with Gasteiger partial charge in [-0.3, -0.25) is 9.48 Å². The number of nitrogens with zero attached hydrogens (tertiary/aromatic N) is 3. The van der Waals surface area contributed by atoms with Gasteiger partial charge >= 0.3 is 0 Å². The number of amides is 1. The number of rotatable bonds is 7. The van der Waals surface area contributed by atoms with Crippen molar-refractivity contribution in [3.63, 3.8) is 0 Å². The van der Waals surface area contributed by atoms with Gasteiger partial charge in [-0.1, -0.05) is 37.3 Å². The fraction of sp³-hybridized carbons (Fsp3) is 0.238. The molecule has 8 heteroatoms. The number of hydrogen-bond acceptors (Lipinski definition) is 4. The number of benzene rings is 2. The van der Waals surface area contributed by atoms with Crippen LogP contribution in [0.25, 0.3) is 0 Å². The standard InChI is InChI=1S/C21H24N4O3S/c1-4-20-19(14-22-25(20)15-16-8-6-5-7-9-16)21(26)23-17-10-12-18(13-11-17)29(27,28)24(2)3/h5-14H,4,15H2,1-3H3,(H,23,26). The van der Waals surface area contributed by atoms with E-state index in [0.717, 1.165) is 15.6 Å². The summed E-state index contributed by atoms with van der Waals surface area (Å²) in [7, 11) is -0.551. The third-order valence-electron chi connectivity index (χ3n) is 4.59. The van der Waals surface area contributed by atoms with Crippen LogP contribution < -0.4 is 5.32 Å². The number of carbonyl (C=O) groups excluding carboxylic acids is 1. The molecule has 1 N–H and O–H groups in total. The number of nitrogens with one attached hydrogen (secondary N) is 1. The van der Waals surface area contributed by atoms with E-state index in [1.807, 2.05) is 41.9 Å². The predicted molar refractivity (Wildman–Crippen MR) is 112 cm³/mol. The van der Waals surface area contributed by atoms with Crippen LogP contribution >= 0.6 is 0 Å². The molecule has 0 aliphatic carbocycles. The first-order chi connectivity index (χ1) is 13.8. The first kappa shape index (κ1) is 20.8. The molecule has 29 heavy (non-hydrogen) atoms. The predicted octanol–water partition coefficient (Wildman–Crippen LogP) is 3.00. The first-order valence-corrected chi connectivity index (χ1v) is 10.7. The lowest BCUT2D eigenvalue weighted by molar-refractivity contribution is 0.102. The average Bonchev–Trinajstić information content (AvgIpc) is 3.11. The van der Waals surface area contributed by atoms with Crippen molar-refractivity contribution in [2.75, 3.05) is 19.4 Å². The van der Waals surface area contributed by atoms with Crippen molar-refractivity contribution in [2.45, 2.75) is 24.8 Å². The maximum atomic E-state index is 12.8. The topological polar surface area (TPSA) is 84.3 Å². The normalized spacial score (nSPS) is 11.6. The van der Waals surface area contributed by atoms with Gasteiger partial charge in [-0.25, -0.2) is 12.7 Å². The van der Waals surface area contributed by atoms with Crippen molar-refractivity contribution in [2.24, 2.45) is 0 Å². The van der Waals surface area contributed by atoms with E-state index in [-0.39, 0.29) is 10.8 Å². The number of aromatic nitrogens is 2. The lowest BCUT2D eigenvalue weighted by atomic mass is 10.1. The molecular weight excluding hydrogens is 388 g/mol. The Labute approximate surface area is 171 Å². The average molecular weight is 413 g/mol. The molecule has 0 saturated heterocycles. The summed E-state index contributed by atoms with van der Waals surface area (Å²) in [5.41, 5.74) is 2.98. The molecule has 0 bridgehead atoms. The Morgan fingerprint density at radius 1 is 1.07 bits per heavy atom. The third-order valence-corrected chi connectivity index (χ3v) is 6.42. The second kappa shape index (κ2) is 8.59. The van der Waals surface area contributed by atoms with Gasteiger partial charge in [-0.05, 0) is 36.2 Å². The summed E-state index contributed by atoms with van der Waals surface area (Å²) in [6, 6.07) is 16.0. The van der Waals surface area contributed by atoms with E-state index in [2.05, 4.69) is 10.4 Å². The molecule has 0 aliphatic rings. The van der Waals surface area contributed by atoms with E-state index >= 15 is 0 Å². The van der Waals surface area contributed by atoms with Gasteiger partial charge < -0.3 is 5.32 Å². The molecule has 1 aromatic heterocycles. The molecule has 152 valence electrons. The Morgan fingerprint density at radius 3 is 2.31 bits per heavy atom. The van der Waals surface area contributed by atoms with Gasteiger partial charge in [0.05, 0.1) is 28.9 Å². The monoisotopic (exact) mass is 412 g/mol. The Morgan fingerprint density at radius 2 is 1.72 bits per heavy atom. The summed E-state index contributed by atoms with van der Waals surface area (Å²) in [5.74, 6) is -0.274. The van der Waals surface area contributed by atoms with Crippen molar-refractivity contribution in [1.82, 2.24) is 14.1 Å². The summed E-state index contributed by atoms with van der Waals surface area (Å²) < 4.78 is 27.3. The van der Waals surface area contributed by atoms with E-state index in [4.69, 9.17) is 0 Å². The number of sulfonamides is 1. The maximum Gasteiger partial charge on any atom is 0.259 e. The molecule has 3 rings (SSSR count). The summed E-state index contributed by atoms with van der Waals surface area (Å²) >= 11 is 0. The van der Waals surface area contributed by atoms with Crippen molar-refractivity contribution >= 4 is 21.6 Å². The highest BCUT2D eigenvalue weighted by molar-refractivity contribution is 7.89. The fourth-order valence-corrected chi connectivity index (χ4v) is 3.89. The van der Waals surface area contributed by atoms with Gasteiger partial charge in [-0.2, -0.15) is 5.10 Å². The molecule has 7 nitrogen and oxygen atoms in total. The molecule has 0 atom stereocenters. The number of anilines is 1. The van der Waals surface area contributed by atoms with E-state index in [1.165, 1.54) is 26.2 Å². The second-order valence-corrected chi connectivity index (χ2v) is 8.92. The number of hydrogen-bond donors (Lipinski definition) is 1. The van der Waals surface area contributed by atoms with Gasteiger partial charge in [0.15, 0.2) is 0 Å². The highest BCUT2D eigenvalue weighted by Crippen LogP contribution is 2.19. The molecule has 0 fully saturated rings. The quantitative estimate of drug-likeness (QED) is 0.647. The van der Waals surface area contributed by atoms with Crippen LogP contribution in [0.2, 0.25) is 0 Å². The first-order valence-electron chi connectivity index (χ1n) is 9.25. The van der Waals surface area contributed by atoms with Gasteiger partial charge in [0.25, 0.3) is 5.91 Å². The molecule has 0 spiro atoms. The highest BCUT2D eigenvalue weighted by atomic mass is 32.2. The zero-order valence-electron chi connectivity index (χ0n) is 16.7.